The molecule has 0 radical (unpaired) electrons. The summed E-state index contributed by atoms with van der Waals surface area (Å²) in [6.07, 6.45) is 1.53. The van der Waals surface area contributed by atoms with E-state index in [4.69, 9.17) is 0 Å². The van der Waals surface area contributed by atoms with E-state index in [-0.39, 0.29) is 6.04 Å². The molecule has 1 unspecified atom stereocenters. The van der Waals surface area contributed by atoms with Crippen LogP contribution < -0.4 is 0 Å². The first-order chi connectivity index (χ1) is 11.7. The zero-order valence-electron chi connectivity index (χ0n) is 15.1. The minimum absolute atomic E-state index is 0.326. The third kappa shape index (κ3) is 3.46. The maximum Gasteiger partial charge on any atom is 0.282 e. The van der Waals surface area contributed by atoms with Gasteiger partial charge in [-0.2, -0.15) is 17.0 Å². The molecule has 1 atom stereocenters. The highest BCUT2D eigenvalue weighted by Crippen LogP contribution is 2.34. The van der Waals surface area contributed by atoms with Crippen LogP contribution in [0, 0.1) is 20.8 Å². The number of aryl methyl sites for hydroxylation is 3. The van der Waals surface area contributed by atoms with Crippen LogP contribution in [0.15, 0.2) is 6.07 Å². The average Bonchev–Trinajstić information content (AvgIpc) is 3.14. The molecule has 2 aromatic heterocycles. The molecule has 136 valence electrons. The van der Waals surface area contributed by atoms with Gasteiger partial charge in [-0.3, -0.25) is 0 Å². The van der Waals surface area contributed by atoms with Crippen LogP contribution in [-0.2, 0) is 10.2 Å². The molecule has 3 heterocycles. The van der Waals surface area contributed by atoms with E-state index in [1.165, 1.54) is 8.61 Å². The molecule has 0 saturated carbocycles. The van der Waals surface area contributed by atoms with Gasteiger partial charge in [0, 0.05) is 31.2 Å². The van der Waals surface area contributed by atoms with E-state index in [1.807, 2.05) is 26.8 Å². The highest BCUT2D eigenvalue weighted by molar-refractivity contribution is 7.86. The topological polar surface area (TPSA) is 79.3 Å². The van der Waals surface area contributed by atoms with Crippen LogP contribution in [0.3, 0.4) is 0 Å². The quantitative estimate of drug-likeness (QED) is 0.813. The van der Waals surface area contributed by atoms with Crippen molar-refractivity contribution in [2.24, 2.45) is 0 Å². The van der Waals surface area contributed by atoms with Crippen molar-refractivity contribution in [3.05, 3.63) is 28.2 Å². The van der Waals surface area contributed by atoms with Crippen molar-refractivity contribution >= 4 is 21.5 Å². The molecule has 2 aromatic rings. The third-order valence-corrected chi connectivity index (χ3v) is 7.43. The van der Waals surface area contributed by atoms with Gasteiger partial charge < -0.3 is 0 Å². The molecule has 0 spiro atoms. The summed E-state index contributed by atoms with van der Waals surface area (Å²) < 4.78 is 27.9. The maximum atomic E-state index is 12.6. The molecule has 9 heteroatoms. The van der Waals surface area contributed by atoms with Gasteiger partial charge >= 0.3 is 0 Å². The van der Waals surface area contributed by atoms with Crippen molar-refractivity contribution < 1.29 is 8.42 Å². The Hall–Kier alpha value is -1.42. The zero-order valence-corrected chi connectivity index (χ0v) is 16.8. The van der Waals surface area contributed by atoms with E-state index in [2.05, 4.69) is 15.0 Å². The van der Waals surface area contributed by atoms with Crippen molar-refractivity contribution in [1.82, 2.24) is 23.6 Å². The van der Waals surface area contributed by atoms with Crippen LogP contribution in [0.1, 0.15) is 41.0 Å². The lowest BCUT2D eigenvalue weighted by Crippen LogP contribution is -2.40. The lowest BCUT2D eigenvalue weighted by molar-refractivity contribution is 0.352. The van der Waals surface area contributed by atoms with E-state index >= 15 is 0 Å². The first kappa shape index (κ1) is 18.4. The van der Waals surface area contributed by atoms with Gasteiger partial charge in [0.15, 0.2) is 0 Å². The van der Waals surface area contributed by atoms with Crippen molar-refractivity contribution in [1.29, 1.82) is 0 Å². The Kier molecular flexibility index (Phi) is 4.93. The SMILES string of the molecule is Cc1cc(-c2nc(C)c(C)s2)nc(C2CCCN2S(=O)(=O)N(C)C)n1. The molecule has 1 aliphatic rings. The Balaban J connectivity index is 2.03. The Morgan fingerprint density at radius 3 is 2.52 bits per heavy atom. The van der Waals surface area contributed by atoms with Gasteiger partial charge in [0.1, 0.15) is 16.5 Å². The smallest absolute Gasteiger partial charge is 0.239 e. The van der Waals surface area contributed by atoms with Gasteiger partial charge in [0.05, 0.1) is 11.7 Å². The zero-order chi connectivity index (χ0) is 18.4. The maximum absolute atomic E-state index is 12.6. The predicted molar refractivity (Wildman–Crippen MR) is 98.6 cm³/mol. The van der Waals surface area contributed by atoms with Crippen LogP contribution in [0.25, 0.3) is 10.7 Å². The summed E-state index contributed by atoms with van der Waals surface area (Å²) in [5, 5.41) is 0.849. The lowest BCUT2D eigenvalue weighted by Gasteiger charge is -2.26. The summed E-state index contributed by atoms with van der Waals surface area (Å²) in [4.78, 5) is 14.9. The Labute approximate surface area is 152 Å². The molecular formula is C16H23N5O2S2. The van der Waals surface area contributed by atoms with Crippen molar-refractivity contribution in [2.45, 2.75) is 39.7 Å². The van der Waals surface area contributed by atoms with Crippen molar-refractivity contribution in [3.63, 3.8) is 0 Å². The third-order valence-electron chi connectivity index (χ3n) is 4.38. The molecule has 0 aliphatic carbocycles. The minimum Gasteiger partial charge on any atom is -0.239 e. The number of rotatable bonds is 4. The van der Waals surface area contributed by atoms with Crippen LogP contribution >= 0.6 is 11.3 Å². The molecule has 1 saturated heterocycles. The molecule has 25 heavy (non-hydrogen) atoms. The van der Waals surface area contributed by atoms with Crippen LogP contribution in [0.5, 0.6) is 0 Å². The van der Waals surface area contributed by atoms with Crippen molar-refractivity contribution in [2.75, 3.05) is 20.6 Å². The fourth-order valence-corrected chi connectivity index (χ4v) is 5.09. The number of hydrogen-bond acceptors (Lipinski definition) is 6. The van der Waals surface area contributed by atoms with E-state index < -0.39 is 10.2 Å². The normalized spacial score (nSPS) is 19.0. The van der Waals surface area contributed by atoms with Crippen LogP contribution in [0.2, 0.25) is 0 Å². The van der Waals surface area contributed by atoms with Gasteiger partial charge in [0.2, 0.25) is 0 Å². The number of thiazole rings is 1. The molecule has 0 amide bonds. The van der Waals surface area contributed by atoms with E-state index in [0.29, 0.717) is 12.4 Å². The highest BCUT2D eigenvalue weighted by Gasteiger charge is 2.38. The summed E-state index contributed by atoms with van der Waals surface area (Å²) >= 11 is 1.60. The van der Waals surface area contributed by atoms with Gasteiger partial charge in [0.25, 0.3) is 10.2 Å². The lowest BCUT2D eigenvalue weighted by atomic mass is 10.2. The summed E-state index contributed by atoms with van der Waals surface area (Å²) in [6, 6.07) is 1.58. The molecule has 0 bridgehead atoms. The molecule has 7 nitrogen and oxygen atoms in total. The fraction of sp³-hybridized carbons (Fsp3) is 0.562. The van der Waals surface area contributed by atoms with E-state index in [1.54, 1.807) is 25.4 Å². The fourth-order valence-electron chi connectivity index (χ4n) is 2.92. The molecule has 1 aliphatic heterocycles. The summed E-state index contributed by atoms with van der Waals surface area (Å²) in [6.45, 7) is 6.41. The van der Waals surface area contributed by atoms with E-state index in [0.717, 1.165) is 39.8 Å². The second-order valence-electron chi connectivity index (χ2n) is 6.47. The minimum atomic E-state index is -3.49. The second kappa shape index (κ2) is 6.71. The number of hydrogen-bond donors (Lipinski definition) is 0. The predicted octanol–water partition coefficient (Wildman–Crippen LogP) is 2.47. The Morgan fingerprint density at radius 2 is 1.92 bits per heavy atom. The molecular weight excluding hydrogens is 358 g/mol. The summed E-state index contributed by atoms with van der Waals surface area (Å²) in [5.41, 5.74) is 2.58. The highest BCUT2D eigenvalue weighted by atomic mass is 32.2. The van der Waals surface area contributed by atoms with Gasteiger partial charge in [-0.05, 0) is 39.7 Å². The largest absolute Gasteiger partial charge is 0.282 e. The molecule has 3 rings (SSSR count). The average molecular weight is 382 g/mol. The first-order valence-corrected chi connectivity index (χ1v) is 10.4. The van der Waals surface area contributed by atoms with Crippen molar-refractivity contribution in [3.8, 4) is 10.7 Å². The number of aromatic nitrogens is 3. The number of nitrogens with zero attached hydrogens (tertiary/aromatic N) is 5. The monoisotopic (exact) mass is 381 g/mol. The summed E-state index contributed by atoms with van der Waals surface area (Å²) in [7, 11) is -0.393. The first-order valence-electron chi connectivity index (χ1n) is 8.19. The van der Waals surface area contributed by atoms with Gasteiger partial charge in [-0.1, -0.05) is 0 Å². The van der Waals surface area contributed by atoms with Gasteiger partial charge in [-0.15, -0.1) is 11.3 Å². The second-order valence-corrected chi connectivity index (χ2v) is 9.77. The van der Waals surface area contributed by atoms with Crippen LogP contribution in [0.4, 0.5) is 0 Å². The molecule has 0 aromatic carbocycles. The Morgan fingerprint density at radius 1 is 1.20 bits per heavy atom. The van der Waals surface area contributed by atoms with Crippen LogP contribution in [-0.4, -0.2) is 52.6 Å². The standard InChI is InChI=1S/C16H23N5O2S2/c1-10-9-13(16-18-11(2)12(3)24-16)19-15(17-10)14-7-6-8-21(14)25(22,23)20(4)5/h9,14H,6-8H2,1-5H3. The Bertz CT molecular complexity index is 872. The molecule has 0 N–H and O–H groups in total. The molecule has 1 fully saturated rings. The van der Waals surface area contributed by atoms with Gasteiger partial charge in [-0.25, -0.2) is 15.0 Å². The summed E-state index contributed by atoms with van der Waals surface area (Å²) in [5.74, 6) is 0.559. The van der Waals surface area contributed by atoms with E-state index in [9.17, 15) is 8.42 Å².